The van der Waals surface area contributed by atoms with Crippen molar-refractivity contribution in [1.82, 2.24) is 24.7 Å². The van der Waals surface area contributed by atoms with E-state index in [4.69, 9.17) is 14.7 Å². The number of hydrogen-bond donors (Lipinski definition) is 2. The molecule has 0 spiro atoms. The number of alkyl halides is 1. The third-order valence-electron chi connectivity index (χ3n) is 6.46. The Labute approximate surface area is 216 Å². The maximum absolute atomic E-state index is 14.0. The molecular weight excluding hydrogens is 501 g/mol. The van der Waals surface area contributed by atoms with Crippen molar-refractivity contribution in [3.63, 3.8) is 0 Å². The molecule has 0 saturated carbocycles. The molecule has 38 heavy (non-hydrogen) atoms. The number of benzene rings is 1. The van der Waals surface area contributed by atoms with Crippen molar-refractivity contribution in [3.8, 4) is 17.0 Å². The second-order valence-electron chi connectivity index (χ2n) is 9.82. The zero-order valence-electron chi connectivity index (χ0n) is 20.9. The number of nitrogens with zero attached hydrogens (tertiary/aromatic N) is 6. The first kappa shape index (κ1) is 25.9. The maximum Gasteiger partial charge on any atom is 0.181 e. The van der Waals surface area contributed by atoms with Crippen LogP contribution in [0.15, 0.2) is 42.9 Å². The number of fused-ring (bicyclic) bond motifs is 1. The van der Waals surface area contributed by atoms with Gasteiger partial charge in [-0.1, -0.05) is 0 Å². The van der Waals surface area contributed by atoms with Gasteiger partial charge in [-0.05, 0) is 32.0 Å². The van der Waals surface area contributed by atoms with Gasteiger partial charge in [0.25, 0.3) is 0 Å². The Morgan fingerprint density at radius 2 is 1.87 bits per heavy atom. The molecule has 1 aliphatic rings. The van der Waals surface area contributed by atoms with Crippen LogP contribution in [-0.4, -0.2) is 59.7 Å². The third-order valence-corrected chi connectivity index (χ3v) is 6.46. The molecule has 2 N–H and O–H groups in total. The molecule has 9 nitrogen and oxygen atoms in total. The Morgan fingerprint density at radius 3 is 2.53 bits per heavy atom. The van der Waals surface area contributed by atoms with E-state index in [0.29, 0.717) is 54.0 Å². The van der Waals surface area contributed by atoms with Crippen LogP contribution >= 0.6 is 0 Å². The summed E-state index contributed by atoms with van der Waals surface area (Å²) >= 11 is 0. The van der Waals surface area contributed by atoms with Crippen molar-refractivity contribution in [2.45, 2.75) is 51.3 Å². The smallest absolute Gasteiger partial charge is 0.181 e. The fourth-order valence-electron chi connectivity index (χ4n) is 4.38. The molecule has 200 valence electrons. The molecule has 12 heteroatoms. The average Bonchev–Trinajstić information content (AvgIpc) is 3.38. The fraction of sp³-hybridized carbons (Fsp3) is 0.385. The first-order valence-corrected chi connectivity index (χ1v) is 12.2. The van der Waals surface area contributed by atoms with Gasteiger partial charge in [-0.3, -0.25) is 4.98 Å². The molecule has 1 saturated heterocycles. The van der Waals surface area contributed by atoms with Crippen molar-refractivity contribution in [1.29, 1.82) is 0 Å². The van der Waals surface area contributed by atoms with Gasteiger partial charge in [0.15, 0.2) is 24.2 Å². The molecule has 4 heterocycles. The quantitative estimate of drug-likeness (QED) is 0.371. The summed E-state index contributed by atoms with van der Waals surface area (Å²) in [6, 6.07) is 4.79. The Hall–Kier alpha value is -3.77. The predicted molar refractivity (Wildman–Crippen MR) is 133 cm³/mol. The predicted octanol–water partition coefficient (Wildman–Crippen LogP) is 3.95. The molecule has 0 radical (unpaired) electrons. The van der Waals surface area contributed by atoms with Crippen LogP contribution in [-0.2, 0) is 6.80 Å². The van der Waals surface area contributed by atoms with Crippen molar-refractivity contribution in [2.24, 2.45) is 0 Å². The molecule has 0 aliphatic carbocycles. The summed E-state index contributed by atoms with van der Waals surface area (Å²) in [6.45, 7) is 3.19. The number of hydrogen-bond acceptors (Lipinski definition) is 8. The lowest BCUT2D eigenvalue weighted by atomic mass is 9.98. The number of piperidine rings is 1. The molecule has 1 aliphatic heterocycles. The number of rotatable bonds is 7. The Bertz CT molecular complexity index is 1450. The van der Waals surface area contributed by atoms with Gasteiger partial charge in [0.05, 0.1) is 29.2 Å². The van der Waals surface area contributed by atoms with Crippen molar-refractivity contribution in [2.75, 3.05) is 18.0 Å². The summed E-state index contributed by atoms with van der Waals surface area (Å²) in [5.74, 6) is -0.870. The molecule has 1 atom stereocenters. The summed E-state index contributed by atoms with van der Waals surface area (Å²) in [7, 11) is 0. The summed E-state index contributed by atoms with van der Waals surface area (Å²) in [5.41, 5.74) is 0.761. The van der Waals surface area contributed by atoms with Crippen LogP contribution in [0.5, 0.6) is 5.75 Å². The van der Waals surface area contributed by atoms with Crippen LogP contribution in [0.25, 0.3) is 22.3 Å². The first-order valence-electron chi connectivity index (χ1n) is 12.2. The van der Waals surface area contributed by atoms with E-state index in [2.05, 4.69) is 10.1 Å². The number of anilines is 1. The van der Waals surface area contributed by atoms with E-state index in [1.807, 2.05) is 4.90 Å². The van der Waals surface area contributed by atoms with E-state index < -0.39 is 30.1 Å². The van der Waals surface area contributed by atoms with E-state index in [-0.39, 0.29) is 17.5 Å². The molecule has 1 aromatic carbocycles. The lowest BCUT2D eigenvalue weighted by Crippen LogP contribution is -2.39. The highest BCUT2D eigenvalue weighted by Crippen LogP contribution is 2.33. The minimum Gasteiger partial charge on any atom is -0.487 e. The lowest BCUT2D eigenvalue weighted by Gasteiger charge is -2.33. The molecule has 0 bridgehead atoms. The summed E-state index contributed by atoms with van der Waals surface area (Å²) in [5, 5.41) is 24.7. The minimum atomic E-state index is -1.41. The van der Waals surface area contributed by atoms with Crippen LogP contribution in [0.1, 0.15) is 38.5 Å². The zero-order chi connectivity index (χ0) is 27.0. The number of aliphatic hydroxyl groups excluding tert-OH is 1. The minimum absolute atomic E-state index is 0.00444. The van der Waals surface area contributed by atoms with Gasteiger partial charge in [-0.25, -0.2) is 27.8 Å². The summed E-state index contributed by atoms with van der Waals surface area (Å²) in [6.07, 6.45) is 4.10. The van der Waals surface area contributed by atoms with E-state index in [1.165, 1.54) is 38.5 Å². The van der Waals surface area contributed by atoms with Gasteiger partial charge < -0.3 is 19.8 Å². The van der Waals surface area contributed by atoms with Crippen molar-refractivity contribution >= 4 is 16.9 Å². The monoisotopic (exact) mass is 528 g/mol. The highest BCUT2D eigenvalue weighted by molar-refractivity contribution is 5.83. The average molecular weight is 529 g/mol. The van der Waals surface area contributed by atoms with Gasteiger partial charge in [-0.15, -0.1) is 0 Å². The van der Waals surface area contributed by atoms with E-state index >= 15 is 0 Å². The highest BCUT2D eigenvalue weighted by atomic mass is 19.1. The van der Waals surface area contributed by atoms with Gasteiger partial charge in [0.1, 0.15) is 29.2 Å². The van der Waals surface area contributed by atoms with Crippen LogP contribution in [0.2, 0.25) is 0 Å². The molecule has 5 rings (SSSR count). The molecular formula is C26H27F3N6O3. The van der Waals surface area contributed by atoms with Crippen molar-refractivity contribution in [3.05, 3.63) is 60.2 Å². The Balaban J connectivity index is 1.45. The molecule has 1 unspecified atom stereocenters. The number of halogens is 3. The molecule has 1 fully saturated rings. The van der Waals surface area contributed by atoms with Gasteiger partial charge in [0.2, 0.25) is 0 Å². The summed E-state index contributed by atoms with van der Waals surface area (Å²) < 4.78 is 47.4. The molecule has 4 aromatic rings. The van der Waals surface area contributed by atoms with Crippen LogP contribution in [0, 0.1) is 11.6 Å². The third kappa shape index (κ3) is 5.27. The first-order chi connectivity index (χ1) is 18.1. The number of ether oxygens (including phenoxy) is 1. The number of aliphatic hydroxyl groups is 2. The maximum atomic E-state index is 14.0. The normalized spacial score (nSPS) is 15.7. The lowest BCUT2D eigenvalue weighted by molar-refractivity contribution is -0.0516. The molecule has 0 amide bonds. The van der Waals surface area contributed by atoms with Crippen LogP contribution in [0.4, 0.5) is 19.0 Å². The van der Waals surface area contributed by atoms with E-state index in [9.17, 15) is 23.4 Å². The topological polar surface area (TPSA) is 109 Å². The van der Waals surface area contributed by atoms with Crippen LogP contribution < -0.4 is 9.64 Å². The van der Waals surface area contributed by atoms with E-state index in [1.54, 1.807) is 6.07 Å². The second kappa shape index (κ2) is 10.2. The standard InChI is InChI=1S/C26H27F3N6O3/c1-26(2,37)24(36)20-10-19-21(12-30-20)33-25(23(32-19)15-11-31-35(13-15)14-27)34-7-5-17(6-8-34)38-22-4-3-16(28)9-18(22)29/h3-4,9-13,17,24,36-37H,5-8,14H2,1-2H3. The van der Waals surface area contributed by atoms with Crippen molar-refractivity contribution < 1.29 is 28.1 Å². The highest BCUT2D eigenvalue weighted by Gasteiger charge is 2.29. The number of aromatic nitrogens is 5. The van der Waals surface area contributed by atoms with Crippen LogP contribution in [0.3, 0.4) is 0 Å². The second-order valence-corrected chi connectivity index (χ2v) is 9.82. The van der Waals surface area contributed by atoms with Gasteiger partial charge in [-0.2, -0.15) is 5.10 Å². The Morgan fingerprint density at radius 1 is 1.11 bits per heavy atom. The van der Waals surface area contributed by atoms with Gasteiger partial charge >= 0.3 is 0 Å². The SMILES string of the molecule is CC(C)(O)C(O)c1cc2nc(-c3cnn(CF)c3)c(N3CCC(Oc4ccc(F)cc4F)CC3)nc2cn1. The number of pyridine rings is 1. The van der Waals surface area contributed by atoms with Gasteiger partial charge in [0, 0.05) is 43.8 Å². The molecule has 3 aromatic heterocycles. The fourth-order valence-corrected chi connectivity index (χ4v) is 4.38. The zero-order valence-corrected chi connectivity index (χ0v) is 20.9. The largest absolute Gasteiger partial charge is 0.487 e. The Kier molecular flexibility index (Phi) is 6.93. The summed E-state index contributed by atoms with van der Waals surface area (Å²) in [4.78, 5) is 15.8. The van der Waals surface area contributed by atoms with E-state index in [0.717, 1.165) is 16.8 Å².